The van der Waals surface area contributed by atoms with Gasteiger partial charge in [-0.15, -0.1) is 0 Å². The number of imidazole rings is 1. The number of hydrogen-bond donors (Lipinski definition) is 1. The van der Waals surface area contributed by atoms with E-state index in [1.807, 2.05) is 19.1 Å². The molecule has 0 radical (unpaired) electrons. The number of nitrogens with zero attached hydrogens (tertiary/aromatic N) is 4. The summed E-state index contributed by atoms with van der Waals surface area (Å²) < 4.78 is 4.21. The van der Waals surface area contributed by atoms with Gasteiger partial charge in [0.15, 0.2) is 11.2 Å². The van der Waals surface area contributed by atoms with E-state index in [1.54, 1.807) is 16.7 Å². The second-order valence-electron chi connectivity index (χ2n) is 6.23. The molecule has 9 heteroatoms. The lowest BCUT2D eigenvalue weighted by molar-refractivity contribution is 0.277. The van der Waals surface area contributed by atoms with Crippen LogP contribution in [0.3, 0.4) is 0 Å². The molecule has 3 rings (SSSR count). The molecule has 3 aromatic rings. The van der Waals surface area contributed by atoms with Crippen LogP contribution in [0.5, 0.6) is 0 Å². The van der Waals surface area contributed by atoms with Crippen molar-refractivity contribution in [1.82, 2.24) is 18.7 Å². The van der Waals surface area contributed by atoms with Gasteiger partial charge < -0.3 is 9.67 Å². The first-order chi connectivity index (χ1) is 13.0. The maximum atomic E-state index is 13.0. The van der Waals surface area contributed by atoms with E-state index in [2.05, 4.69) is 4.98 Å². The van der Waals surface area contributed by atoms with Gasteiger partial charge in [0.05, 0.1) is 6.54 Å². The minimum absolute atomic E-state index is 0.109. The topological polar surface area (TPSA) is 82.0 Å². The summed E-state index contributed by atoms with van der Waals surface area (Å²) in [5.74, 6) is 0. The first-order valence-electron chi connectivity index (χ1n) is 8.72. The maximum absolute atomic E-state index is 13.0. The molecule has 0 bridgehead atoms. The van der Waals surface area contributed by atoms with Gasteiger partial charge in [0, 0.05) is 24.7 Å². The number of aryl methyl sites for hydroxylation is 1. The van der Waals surface area contributed by atoms with Crippen LogP contribution in [0, 0.1) is 0 Å². The molecule has 0 fully saturated rings. The number of rotatable bonds is 7. The highest BCUT2D eigenvalue weighted by atomic mass is 35.5. The van der Waals surface area contributed by atoms with Crippen LogP contribution < -0.4 is 11.2 Å². The van der Waals surface area contributed by atoms with E-state index in [4.69, 9.17) is 28.3 Å². The Kier molecular flexibility index (Phi) is 6.04. The highest BCUT2D eigenvalue weighted by Crippen LogP contribution is 2.19. The Balaban J connectivity index is 2.23. The molecule has 1 N–H and O–H groups in total. The van der Waals surface area contributed by atoms with Crippen LogP contribution in [0.4, 0.5) is 0 Å². The summed E-state index contributed by atoms with van der Waals surface area (Å²) in [4.78, 5) is 30.1. The van der Waals surface area contributed by atoms with E-state index in [-0.39, 0.29) is 29.6 Å². The molecule has 0 aliphatic rings. The summed E-state index contributed by atoms with van der Waals surface area (Å²) in [5.41, 5.74) is 0.571. The molecule has 7 nitrogen and oxygen atoms in total. The van der Waals surface area contributed by atoms with Crippen molar-refractivity contribution in [2.45, 2.75) is 39.4 Å². The lowest BCUT2D eigenvalue weighted by Gasteiger charge is -2.12. The normalized spacial score (nSPS) is 11.4. The average Bonchev–Trinajstić information content (AvgIpc) is 2.97. The van der Waals surface area contributed by atoms with Crippen molar-refractivity contribution in [3.05, 3.63) is 61.0 Å². The third-order valence-electron chi connectivity index (χ3n) is 4.31. The summed E-state index contributed by atoms with van der Waals surface area (Å²) >= 11 is 12.3. The van der Waals surface area contributed by atoms with Gasteiger partial charge >= 0.3 is 5.69 Å². The monoisotopic (exact) mass is 410 g/mol. The molecule has 2 aromatic heterocycles. The number of benzene rings is 1. The highest BCUT2D eigenvalue weighted by molar-refractivity contribution is 6.30. The van der Waals surface area contributed by atoms with Crippen LogP contribution >= 0.6 is 23.2 Å². The summed E-state index contributed by atoms with van der Waals surface area (Å²) in [6, 6.07) is 7.21. The smallest absolute Gasteiger partial charge is 0.332 e. The second-order valence-corrected chi connectivity index (χ2v) is 7.01. The van der Waals surface area contributed by atoms with Crippen LogP contribution in [0.1, 0.15) is 25.3 Å². The standard InChI is InChI=1S/C18H20Cl2N4O3/c1-2-8-22-15-14(16(26)23(18(22)27)9-3-10-25)24(17(20)21-15)11-12-4-6-13(19)7-5-12/h4-7,25H,2-3,8-11H2,1H3. The van der Waals surface area contributed by atoms with Gasteiger partial charge in [0.2, 0.25) is 5.28 Å². The number of aliphatic hydroxyl groups is 1. The van der Waals surface area contributed by atoms with Gasteiger partial charge in [0.1, 0.15) is 0 Å². The average molecular weight is 411 g/mol. The predicted octanol–water partition coefficient (Wildman–Crippen LogP) is 2.51. The number of hydrogen-bond acceptors (Lipinski definition) is 4. The largest absolute Gasteiger partial charge is 0.396 e. The lowest BCUT2D eigenvalue weighted by atomic mass is 10.2. The van der Waals surface area contributed by atoms with Crippen LogP contribution in [0.15, 0.2) is 33.9 Å². The van der Waals surface area contributed by atoms with E-state index >= 15 is 0 Å². The molecule has 0 atom stereocenters. The van der Waals surface area contributed by atoms with E-state index in [9.17, 15) is 9.59 Å². The fourth-order valence-electron chi connectivity index (χ4n) is 3.03. The zero-order valence-corrected chi connectivity index (χ0v) is 16.4. The molecule has 0 saturated carbocycles. The summed E-state index contributed by atoms with van der Waals surface area (Å²) in [7, 11) is 0. The van der Waals surface area contributed by atoms with Gasteiger partial charge in [-0.3, -0.25) is 13.9 Å². The van der Waals surface area contributed by atoms with Gasteiger partial charge in [-0.2, -0.15) is 4.98 Å². The van der Waals surface area contributed by atoms with E-state index in [0.29, 0.717) is 31.0 Å². The first-order valence-corrected chi connectivity index (χ1v) is 9.48. The second kappa shape index (κ2) is 8.29. The molecular formula is C18H20Cl2N4O3. The van der Waals surface area contributed by atoms with E-state index < -0.39 is 11.2 Å². The molecule has 0 spiro atoms. The van der Waals surface area contributed by atoms with Crippen molar-refractivity contribution >= 4 is 34.4 Å². The minimum Gasteiger partial charge on any atom is -0.396 e. The molecule has 144 valence electrons. The Morgan fingerprint density at radius 3 is 2.37 bits per heavy atom. The molecule has 27 heavy (non-hydrogen) atoms. The van der Waals surface area contributed by atoms with Gasteiger partial charge in [-0.1, -0.05) is 30.7 Å². The van der Waals surface area contributed by atoms with E-state index in [1.165, 1.54) is 4.57 Å². The molecule has 0 saturated heterocycles. The first kappa shape index (κ1) is 19.7. The molecule has 0 unspecified atom stereocenters. The molecule has 0 amide bonds. The van der Waals surface area contributed by atoms with Crippen LogP contribution in [0.2, 0.25) is 10.3 Å². The fourth-order valence-corrected chi connectivity index (χ4v) is 3.38. The van der Waals surface area contributed by atoms with E-state index in [0.717, 1.165) is 10.1 Å². The lowest BCUT2D eigenvalue weighted by Crippen LogP contribution is -2.41. The molecule has 0 aliphatic heterocycles. The van der Waals surface area contributed by atoms with Gasteiger partial charge in [0.25, 0.3) is 5.56 Å². The highest BCUT2D eigenvalue weighted by Gasteiger charge is 2.20. The van der Waals surface area contributed by atoms with Crippen LogP contribution in [0.25, 0.3) is 11.2 Å². The molecule has 2 heterocycles. The van der Waals surface area contributed by atoms with Crippen molar-refractivity contribution in [3.63, 3.8) is 0 Å². The van der Waals surface area contributed by atoms with Crippen LogP contribution in [-0.2, 0) is 19.6 Å². The van der Waals surface area contributed by atoms with Gasteiger partial charge in [-0.25, -0.2) is 4.79 Å². The quantitative estimate of drug-likeness (QED) is 0.606. The van der Waals surface area contributed by atoms with Crippen molar-refractivity contribution in [2.24, 2.45) is 0 Å². The Hall–Kier alpha value is -2.09. The maximum Gasteiger partial charge on any atom is 0.332 e. The molecular weight excluding hydrogens is 391 g/mol. The Bertz CT molecular complexity index is 1070. The number of aromatic nitrogens is 4. The Labute approximate surface area is 165 Å². The van der Waals surface area contributed by atoms with Gasteiger partial charge in [-0.05, 0) is 42.1 Å². The van der Waals surface area contributed by atoms with Crippen molar-refractivity contribution < 1.29 is 5.11 Å². The summed E-state index contributed by atoms with van der Waals surface area (Å²) in [5, 5.41) is 9.85. The predicted molar refractivity (Wildman–Crippen MR) is 106 cm³/mol. The van der Waals surface area contributed by atoms with Crippen LogP contribution in [-0.4, -0.2) is 30.4 Å². The zero-order valence-electron chi connectivity index (χ0n) is 14.9. The summed E-state index contributed by atoms with van der Waals surface area (Å²) in [6.07, 6.45) is 1.01. The zero-order chi connectivity index (χ0) is 19.6. The number of halogens is 2. The third-order valence-corrected chi connectivity index (χ3v) is 4.85. The number of fused-ring (bicyclic) bond motifs is 1. The Morgan fingerprint density at radius 1 is 1.04 bits per heavy atom. The molecule has 0 aliphatic carbocycles. The number of aliphatic hydroxyl groups excluding tert-OH is 1. The summed E-state index contributed by atoms with van der Waals surface area (Å²) in [6.45, 7) is 2.71. The fraction of sp³-hybridized carbons (Fsp3) is 0.389. The van der Waals surface area contributed by atoms with Crippen molar-refractivity contribution in [2.75, 3.05) is 6.61 Å². The third kappa shape index (κ3) is 3.81. The van der Waals surface area contributed by atoms with Crippen molar-refractivity contribution in [1.29, 1.82) is 0 Å². The Morgan fingerprint density at radius 2 is 1.74 bits per heavy atom. The SMILES string of the molecule is CCCn1c(=O)n(CCCO)c(=O)c2c1nc(Cl)n2Cc1ccc(Cl)cc1. The molecule has 1 aromatic carbocycles. The van der Waals surface area contributed by atoms with Crippen molar-refractivity contribution in [3.8, 4) is 0 Å². The minimum atomic E-state index is -0.454.